The molecule has 1 aromatic rings. The highest BCUT2D eigenvalue weighted by Gasteiger charge is 2.13. The molecule has 1 aromatic carbocycles. The van der Waals surface area contributed by atoms with Crippen LogP contribution in [0, 0.1) is 20.8 Å². The molecular weight excluding hydrogens is 198 g/mol. The molecule has 0 aliphatic heterocycles. The quantitative estimate of drug-likeness (QED) is 0.848. The molecule has 1 atom stereocenters. The van der Waals surface area contributed by atoms with E-state index in [0.29, 0.717) is 6.61 Å². The first-order valence-electron chi connectivity index (χ1n) is 5.86. The van der Waals surface area contributed by atoms with Gasteiger partial charge in [0.15, 0.2) is 0 Å². The van der Waals surface area contributed by atoms with E-state index in [1.54, 1.807) is 0 Å². The van der Waals surface area contributed by atoms with E-state index in [2.05, 4.69) is 32.9 Å². The largest absolute Gasteiger partial charge is 0.377 e. The molecule has 2 N–H and O–H groups in total. The van der Waals surface area contributed by atoms with Gasteiger partial charge in [0.05, 0.1) is 18.8 Å². The minimum atomic E-state index is -0.0250. The van der Waals surface area contributed by atoms with Crippen molar-refractivity contribution in [3.63, 3.8) is 0 Å². The molecule has 0 aliphatic rings. The van der Waals surface area contributed by atoms with E-state index in [9.17, 15) is 0 Å². The average molecular weight is 221 g/mol. The fraction of sp³-hybridized carbons (Fsp3) is 0.571. The summed E-state index contributed by atoms with van der Waals surface area (Å²) in [7, 11) is 0. The number of rotatable bonds is 4. The maximum Gasteiger partial charge on any atom is 0.0663 e. The van der Waals surface area contributed by atoms with Crippen molar-refractivity contribution in [2.75, 3.05) is 6.61 Å². The van der Waals surface area contributed by atoms with Gasteiger partial charge in [0.2, 0.25) is 0 Å². The van der Waals surface area contributed by atoms with E-state index in [4.69, 9.17) is 10.5 Å². The van der Waals surface area contributed by atoms with Crippen LogP contribution in [0.5, 0.6) is 0 Å². The van der Waals surface area contributed by atoms with Gasteiger partial charge in [0.25, 0.3) is 0 Å². The molecule has 0 radical (unpaired) electrons. The maximum absolute atomic E-state index is 6.17. The summed E-state index contributed by atoms with van der Waals surface area (Å²) in [5.41, 5.74) is 11.2. The lowest BCUT2D eigenvalue weighted by atomic mass is 9.95. The topological polar surface area (TPSA) is 35.2 Å². The molecule has 0 heterocycles. The van der Waals surface area contributed by atoms with Crippen molar-refractivity contribution >= 4 is 0 Å². The SMILES string of the molecule is Cc1cc(C)c(C(N)COC(C)C)c(C)c1. The second-order valence-corrected chi connectivity index (χ2v) is 4.80. The van der Waals surface area contributed by atoms with Gasteiger partial charge in [0.1, 0.15) is 0 Å². The standard InChI is InChI=1S/C14H23NO/c1-9(2)16-8-13(15)14-11(4)6-10(3)7-12(14)5/h6-7,9,13H,8,15H2,1-5H3. The van der Waals surface area contributed by atoms with Crippen molar-refractivity contribution in [2.24, 2.45) is 5.73 Å². The van der Waals surface area contributed by atoms with Crippen LogP contribution in [0.3, 0.4) is 0 Å². The molecule has 0 amide bonds. The Morgan fingerprint density at radius 1 is 1.12 bits per heavy atom. The van der Waals surface area contributed by atoms with E-state index in [-0.39, 0.29) is 12.1 Å². The van der Waals surface area contributed by atoms with Crippen molar-refractivity contribution in [3.8, 4) is 0 Å². The van der Waals surface area contributed by atoms with Gasteiger partial charge in [0, 0.05) is 0 Å². The number of hydrogen-bond acceptors (Lipinski definition) is 2. The fourth-order valence-electron chi connectivity index (χ4n) is 2.16. The summed E-state index contributed by atoms with van der Waals surface area (Å²) in [6.07, 6.45) is 0.233. The van der Waals surface area contributed by atoms with Gasteiger partial charge in [-0.3, -0.25) is 0 Å². The van der Waals surface area contributed by atoms with Gasteiger partial charge in [-0.2, -0.15) is 0 Å². The molecular formula is C14H23NO. The molecule has 0 aliphatic carbocycles. The second-order valence-electron chi connectivity index (χ2n) is 4.80. The summed E-state index contributed by atoms with van der Waals surface area (Å²) in [6, 6.07) is 4.33. The number of ether oxygens (including phenoxy) is 1. The van der Waals surface area contributed by atoms with Gasteiger partial charge in [-0.1, -0.05) is 17.7 Å². The van der Waals surface area contributed by atoms with E-state index in [0.717, 1.165) is 0 Å². The summed E-state index contributed by atoms with van der Waals surface area (Å²) in [6.45, 7) is 11.0. The first-order chi connectivity index (χ1) is 7.41. The Morgan fingerprint density at radius 3 is 2.06 bits per heavy atom. The molecule has 16 heavy (non-hydrogen) atoms. The molecule has 1 rings (SSSR count). The predicted octanol–water partition coefficient (Wildman–Crippen LogP) is 3.04. The summed E-state index contributed by atoms with van der Waals surface area (Å²) in [5, 5.41) is 0. The molecule has 2 heteroatoms. The van der Waals surface area contributed by atoms with Gasteiger partial charge in [-0.15, -0.1) is 0 Å². The van der Waals surface area contributed by atoms with E-state index >= 15 is 0 Å². The fourth-order valence-corrected chi connectivity index (χ4v) is 2.16. The molecule has 0 saturated heterocycles. The van der Waals surface area contributed by atoms with Crippen LogP contribution in [0.4, 0.5) is 0 Å². The predicted molar refractivity (Wildman–Crippen MR) is 68.7 cm³/mol. The summed E-state index contributed by atoms with van der Waals surface area (Å²) in [5.74, 6) is 0. The third kappa shape index (κ3) is 3.32. The van der Waals surface area contributed by atoms with E-state index in [1.165, 1.54) is 22.3 Å². The van der Waals surface area contributed by atoms with Crippen LogP contribution in [-0.4, -0.2) is 12.7 Å². The Labute approximate surface area is 98.8 Å². The lowest BCUT2D eigenvalue weighted by Crippen LogP contribution is -2.21. The lowest BCUT2D eigenvalue weighted by Gasteiger charge is -2.19. The first-order valence-corrected chi connectivity index (χ1v) is 5.86. The Kier molecular flexibility index (Phi) is 4.51. The molecule has 2 nitrogen and oxygen atoms in total. The molecule has 0 saturated carbocycles. The lowest BCUT2D eigenvalue weighted by molar-refractivity contribution is 0.0681. The number of benzene rings is 1. The Morgan fingerprint density at radius 2 is 1.62 bits per heavy atom. The Bertz CT molecular complexity index is 335. The third-order valence-electron chi connectivity index (χ3n) is 2.72. The third-order valence-corrected chi connectivity index (χ3v) is 2.72. The summed E-state index contributed by atoms with van der Waals surface area (Å²) in [4.78, 5) is 0. The summed E-state index contributed by atoms with van der Waals surface area (Å²) >= 11 is 0. The zero-order valence-corrected chi connectivity index (χ0v) is 11.0. The van der Waals surface area contributed by atoms with Crippen molar-refractivity contribution in [2.45, 2.75) is 46.8 Å². The number of nitrogens with two attached hydrogens (primary N) is 1. The van der Waals surface area contributed by atoms with Crippen molar-refractivity contribution in [3.05, 3.63) is 34.4 Å². The smallest absolute Gasteiger partial charge is 0.0663 e. The highest BCUT2D eigenvalue weighted by atomic mass is 16.5. The molecule has 90 valence electrons. The van der Waals surface area contributed by atoms with E-state index in [1.807, 2.05) is 13.8 Å². The highest BCUT2D eigenvalue weighted by molar-refractivity contribution is 5.39. The zero-order chi connectivity index (χ0) is 12.3. The highest BCUT2D eigenvalue weighted by Crippen LogP contribution is 2.22. The molecule has 0 bridgehead atoms. The van der Waals surface area contributed by atoms with Crippen molar-refractivity contribution in [1.82, 2.24) is 0 Å². The molecule has 0 fully saturated rings. The van der Waals surface area contributed by atoms with Crippen LogP contribution >= 0.6 is 0 Å². The number of hydrogen-bond donors (Lipinski definition) is 1. The average Bonchev–Trinajstić information content (AvgIpc) is 2.12. The van der Waals surface area contributed by atoms with Gasteiger partial charge in [-0.05, 0) is 51.3 Å². The van der Waals surface area contributed by atoms with Crippen molar-refractivity contribution < 1.29 is 4.74 Å². The minimum Gasteiger partial charge on any atom is -0.377 e. The molecule has 1 unspecified atom stereocenters. The monoisotopic (exact) mass is 221 g/mol. The van der Waals surface area contributed by atoms with Gasteiger partial charge >= 0.3 is 0 Å². The zero-order valence-electron chi connectivity index (χ0n) is 11.0. The first kappa shape index (κ1) is 13.2. The van der Waals surface area contributed by atoms with Crippen LogP contribution in [-0.2, 0) is 4.74 Å². The van der Waals surface area contributed by atoms with Crippen LogP contribution in [0.15, 0.2) is 12.1 Å². The Hall–Kier alpha value is -0.860. The van der Waals surface area contributed by atoms with Crippen LogP contribution < -0.4 is 5.73 Å². The molecule has 0 spiro atoms. The van der Waals surface area contributed by atoms with Gasteiger partial charge < -0.3 is 10.5 Å². The van der Waals surface area contributed by atoms with Gasteiger partial charge in [-0.25, -0.2) is 0 Å². The van der Waals surface area contributed by atoms with Crippen molar-refractivity contribution in [1.29, 1.82) is 0 Å². The van der Waals surface area contributed by atoms with Crippen LogP contribution in [0.1, 0.15) is 42.1 Å². The van der Waals surface area contributed by atoms with Crippen LogP contribution in [0.2, 0.25) is 0 Å². The van der Waals surface area contributed by atoms with Crippen LogP contribution in [0.25, 0.3) is 0 Å². The minimum absolute atomic E-state index is 0.0250. The van der Waals surface area contributed by atoms with E-state index < -0.39 is 0 Å². The maximum atomic E-state index is 6.17. The Balaban J connectivity index is 2.86. The summed E-state index contributed by atoms with van der Waals surface area (Å²) < 4.78 is 5.57. The normalized spacial score (nSPS) is 13.2. The second kappa shape index (κ2) is 5.46. The molecule has 0 aromatic heterocycles. The number of aryl methyl sites for hydroxylation is 3.